The molecule has 0 saturated carbocycles. The fourth-order valence-corrected chi connectivity index (χ4v) is 4.21. The molecule has 0 aliphatic carbocycles. The monoisotopic (exact) mass is 521 g/mol. The third kappa shape index (κ3) is 6.76. The van der Waals surface area contributed by atoms with E-state index < -0.39 is 6.04 Å². The molecule has 2 N–H and O–H groups in total. The Morgan fingerprint density at radius 2 is 1.71 bits per heavy atom. The highest BCUT2D eigenvalue weighted by Gasteiger charge is 2.32. The Balaban J connectivity index is 0.00000216. The molecule has 1 atom stereocenters. The highest BCUT2D eigenvalue weighted by Crippen LogP contribution is 2.38. The van der Waals surface area contributed by atoms with Crippen molar-refractivity contribution >= 4 is 36.5 Å². The number of hydrogen-bond donors (Lipinski definition) is 1. The molecule has 1 unspecified atom stereocenters. The van der Waals surface area contributed by atoms with Crippen LogP contribution in [-0.2, 0) is 11.2 Å². The number of rotatable bonds is 7. The van der Waals surface area contributed by atoms with Crippen molar-refractivity contribution in [1.29, 1.82) is 0 Å². The molecule has 0 aromatic heterocycles. The van der Waals surface area contributed by atoms with Crippen LogP contribution in [0.5, 0.6) is 11.5 Å². The lowest BCUT2D eigenvalue weighted by molar-refractivity contribution is -0.134. The number of nitrogens with two attached hydrogens (primary N) is 1. The number of ketones is 1. The van der Waals surface area contributed by atoms with E-state index in [0.717, 1.165) is 24.2 Å². The van der Waals surface area contributed by atoms with Crippen molar-refractivity contribution in [3.05, 3.63) is 71.0 Å². The number of allylic oxidation sites excluding steroid dienone is 2. The first kappa shape index (κ1) is 28.7. The largest absolute Gasteiger partial charge is 0.491 e. The second-order valence-corrected chi connectivity index (χ2v) is 8.70. The Hall–Kier alpha value is -2.58. The van der Waals surface area contributed by atoms with Gasteiger partial charge >= 0.3 is 0 Å². The standard InChI is InChI=1S/C26H31N3O4.2ClH/c1-18(2)25-24(30)23-21(9-6-10-22(23)33-25)32-16-15-28-11-13-29(14-12-28)26(31)20(27)17-19-7-4-3-5-8-19;;/h3-10,20H,11-17,27H2,1-2H3;2*1H. The zero-order valence-corrected chi connectivity index (χ0v) is 21.7. The number of carbonyl (C=O) groups is 2. The van der Waals surface area contributed by atoms with Crippen LogP contribution in [0.25, 0.3) is 0 Å². The lowest BCUT2D eigenvalue weighted by Gasteiger charge is -2.35. The van der Waals surface area contributed by atoms with Gasteiger partial charge in [0.05, 0.1) is 6.04 Å². The van der Waals surface area contributed by atoms with Crippen LogP contribution in [0.3, 0.4) is 0 Å². The van der Waals surface area contributed by atoms with Crippen LogP contribution in [0.15, 0.2) is 59.9 Å². The van der Waals surface area contributed by atoms with Crippen LogP contribution >= 0.6 is 24.8 Å². The number of piperazine rings is 1. The third-order valence-corrected chi connectivity index (χ3v) is 6.05. The molecule has 2 aliphatic heterocycles. The van der Waals surface area contributed by atoms with E-state index in [9.17, 15) is 9.59 Å². The Morgan fingerprint density at radius 3 is 2.37 bits per heavy atom. The Kier molecular flexibility index (Phi) is 10.6. The van der Waals surface area contributed by atoms with E-state index in [1.807, 2.05) is 55.1 Å². The zero-order chi connectivity index (χ0) is 23.4. The number of nitrogens with zero attached hydrogens (tertiary/aromatic N) is 2. The van der Waals surface area contributed by atoms with Crippen molar-refractivity contribution < 1.29 is 19.1 Å². The number of ether oxygens (including phenoxy) is 2. The van der Waals surface area contributed by atoms with E-state index in [1.54, 1.807) is 12.1 Å². The van der Waals surface area contributed by atoms with Crippen molar-refractivity contribution in [3.8, 4) is 11.5 Å². The van der Waals surface area contributed by atoms with E-state index >= 15 is 0 Å². The summed E-state index contributed by atoms with van der Waals surface area (Å²) in [6, 6.07) is 14.8. The first-order valence-corrected chi connectivity index (χ1v) is 11.4. The predicted octanol–water partition coefficient (Wildman–Crippen LogP) is 3.49. The molecule has 1 amide bonds. The second kappa shape index (κ2) is 12.9. The number of hydrogen-bond acceptors (Lipinski definition) is 6. The minimum atomic E-state index is -0.520. The van der Waals surface area contributed by atoms with Gasteiger partial charge in [-0.15, -0.1) is 24.8 Å². The number of benzene rings is 2. The average Bonchev–Trinajstić information content (AvgIpc) is 3.17. The summed E-state index contributed by atoms with van der Waals surface area (Å²) in [5.74, 6) is 1.36. The van der Waals surface area contributed by atoms with Crippen LogP contribution in [0.2, 0.25) is 0 Å². The Bertz CT molecular complexity index is 1050. The van der Waals surface area contributed by atoms with Gasteiger partial charge in [-0.25, -0.2) is 0 Å². The molecule has 2 aromatic carbocycles. The molecule has 7 nitrogen and oxygen atoms in total. The van der Waals surface area contributed by atoms with Gasteiger partial charge < -0.3 is 20.1 Å². The number of fused-ring (bicyclic) bond motifs is 1. The SMILES string of the molecule is CC(C)=C1Oc2cccc(OCCN3CCN(C(=O)C(N)Cc4ccccc4)CC3)c2C1=O.Cl.Cl. The van der Waals surface area contributed by atoms with E-state index in [-0.39, 0.29) is 36.5 Å². The van der Waals surface area contributed by atoms with Gasteiger partial charge in [-0.3, -0.25) is 14.5 Å². The first-order chi connectivity index (χ1) is 15.9. The van der Waals surface area contributed by atoms with Crippen LogP contribution in [-0.4, -0.2) is 66.9 Å². The summed E-state index contributed by atoms with van der Waals surface area (Å²) >= 11 is 0. The molecule has 1 fully saturated rings. The van der Waals surface area contributed by atoms with E-state index in [4.69, 9.17) is 15.2 Å². The molecule has 2 aliphatic rings. The molecule has 0 radical (unpaired) electrons. The summed E-state index contributed by atoms with van der Waals surface area (Å²) in [5.41, 5.74) is 8.59. The van der Waals surface area contributed by atoms with Gasteiger partial charge in [0, 0.05) is 32.7 Å². The smallest absolute Gasteiger partial charge is 0.239 e. The summed E-state index contributed by atoms with van der Waals surface area (Å²) < 4.78 is 11.7. The molecule has 35 heavy (non-hydrogen) atoms. The van der Waals surface area contributed by atoms with Crippen molar-refractivity contribution in [3.63, 3.8) is 0 Å². The van der Waals surface area contributed by atoms with Gasteiger partial charge in [0.15, 0.2) is 5.76 Å². The van der Waals surface area contributed by atoms with Gasteiger partial charge in [-0.1, -0.05) is 36.4 Å². The molecule has 2 heterocycles. The highest BCUT2D eigenvalue weighted by atomic mass is 35.5. The topological polar surface area (TPSA) is 85.1 Å². The van der Waals surface area contributed by atoms with E-state index in [1.165, 1.54) is 0 Å². The molecule has 4 rings (SSSR count). The molecular weight excluding hydrogens is 489 g/mol. The number of carbonyl (C=O) groups excluding carboxylic acids is 2. The molecule has 190 valence electrons. The molecule has 1 saturated heterocycles. The van der Waals surface area contributed by atoms with Gasteiger partial charge in [0.2, 0.25) is 11.7 Å². The summed E-state index contributed by atoms with van der Waals surface area (Å²) in [6.07, 6.45) is 0.548. The fraction of sp³-hybridized carbons (Fsp3) is 0.385. The number of amides is 1. The predicted molar refractivity (Wildman–Crippen MR) is 141 cm³/mol. The van der Waals surface area contributed by atoms with Crippen LogP contribution < -0.4 is 15.2 Å². The summed E-state index contributed by atoms with van der Waals surface area (Å²) in [4.78, 5) is 29.5. The molecular formula is C26H33Cl2N3O4. The molecule has 0 bridgehead atoms. The lowest BCUT2D eigenvalue weighted by atomic mass is 10.1. The normalized spacial score (nSPS) is 15.9. The van der Waals surface area contributed by atoms with Gasteiger partial charge in [0.1, 0.15) is 23.7 Å². The summed E-state index contributed by atoms with van der Waals surface area (Å²) in [7, 11) is 0. The van der Waals surface area contributed by atoms with Gasteiger partial charge in [-0.05, 0) is 43.5 Å². The Morgan fingerprint density at radius 1 is 1.03 bits per heavy atom. The quantitative estimate of drug-likeness (QED) is 0.561. The molecule has 9 heteroatoms. The number of halogens is 2. The average molecular weight is 522 g/mol. The second-order valence-electron chi connectivity index (χ2n) is 8.70. The van der Waals surface area contributed by atoms with Crippen molar-refractivity contribution in [1.82, 2.24) is 9.80 Å². The number of Topliss-reactive ketones (excluding diaryl/α,β-unsaturated/α-hetero) is 1. The maximum Gasteiger partial charge on any atom is 0.239 e. The zero-order valence-electron chi connectivity index (χ0n) is 20.1. The molecule has 0 spiro atoms. The van der Waals surface area contributed by atoms with Gasteiger partial charge in [-0.2, -0.15) is 0 Å². The lowest BCUT2D eigenvalue weighted by Crippen LogP contribution is -2.54. The minimum Gasteiger partial charge on any atom is -0.491 e. The highest BCUT2D eigenvalue weighted by molar-refractivity contribution is 6.14. The molecule has 2 aromatic rings. The third-order valence-electron chi connectivity index (χ3n) is 6.05. The Labute approximate surface area is 219 Å². The fourth-order valence-electron chi connectivity index (χ4n) is 4.21. The summed E-state index contributed by atoms with van der Waals surface area (Å²) in [5, 5.41) is 0. The van der Waals surface area contributed by atoms with Crippen LogP contribution in [0.4, 0.5) is 0 Å². The van der Waals surface area contributed by atoms with Crippen LogP contribution in [0, 0.1) is 0 Å². The van der Waals surface area contributed by atoms with Crippen molar-refractivity contribution in [2.75, 3.05) is 39.3 Å². The summed E-state index contributed by atoms with van der Waals surface area (Å²) in [6.45, 7) is 7.73. The van der Waals surface area contributed by atoms with Crippen molar-refractivity contribution in [2.45, 2.75) is 26.3 Å². The van der Waals surface area contributed by atoms with E-state index in [2.05, 4.69) is 4.90 Å². The first-order valence-electron chi connectivity index (χ1n) is 11.4. The van der Waals surface area contributed by atoms with E-state index in [0.29, 0.717) is 55.5 Å². The van der Waals surface area contributed by atoms with Gasteiger partial charge in [0.25, 0.3) is 0 Å². The maximum absolute atomic E-state index is 12.7. The van der Waals surface area contributed by atoms with Crippen molar-refractivity contribution in [2.24, 2.45) is 5.73 Å². The minimum absolute atomic E-state index is 0. The maximum atomic E-state index is 12.7. The van der Waals surface area contributed by atoms with Crippen LogP contribution in [0.1, 0.15) is 29.8 Å².